The molecule has 0 aliphatic carbocycles. The van der Waals surface area contributed by atoms with Crippen molar-refractivity contribution in [2.75, 3.05) is 6.26 Å². The van der Waals surface area contributed by atoms with Crippen molar-refractivity contribution in [3.63, 3.8) is 0 Å². The molecule has 0 radical (unpaired) electrons. The van der Waals surface area contributed by atoms with Gasteiger partial charge in [0.15, 0.2) is 10.8 Å². The minimum absolute atomic E-state index is 0.951. The Bertz CT molecular complexity index is 759. The molecule has 0 saturated carbocycles. The van der Waals surface area contributed by atoms with Crippen LogP contribution in [0.15, 0.2) is 23.4 Å². The lowest BCUT2D eigenvalue weighted by atomic mass is 10.0. The van der Waals surface area contributed by atoms with Crippen molar-refractivity contribution in [3.8, 4) is 0 Å². The van der Waals surface area contributed by atoms with Gasteiger partial charge in [0.1, 0.15) is 0 Å². The number of benzene rings is 1. The van der Waals surface area contributed by atoms with E-state index in [4.69, 9.17) is 0 Å². The minimum atomic E-state index is 0.951. The van der Waals surface area contributed by atoms with E-state index in [0.29, 0.717) is 0 Å². The largest absolute Gasteiger partial charge is 0.269 e. The number of aryl methyl sites for hydroxylation is 3. The van der Waals surface area contributed by atoms with Crippen LogP contribution in [-0.4, -0.2) is 20.9 Å². The summed E-state index contributed by atoms with van der Waals surface area (Å²) in [7, 11) is 0. The molecule has 3 nitrogen and oxygen atoms in total. The maximum absolute atomic E-state index is 4.30. The third-order valence-corrected chi connectivity index (χ3v) is 4.02. The van der Waals surface area contributed by atoms with Crippen LogP contribution in [0.1, 0.15) is 16.7 Å². The highest BCUT2D eigenvalue weighted by atomic mass is 32.2. The third kappa shape index (κ3) is 1.45. The van der Waals surface area contributed by atoms with Gasteiger partial charge in [0, 0.05) is 5.39 Å². The molecule has 2 heterocycles. The Morgan fingerprint density at radius 3 is 2.44 bits per heavy atom. The number of hydrogen-bond acceptors (Lipinski definition) is 3. The summed E-state index contributed by atoms with van der Waals surface area (Å²) in [4.78, 5) is 0. The fraction of sp³-hybridized carbons (Fsp3) is 0.286. The molecule has 4 heteroatoms. The van der Waals surface area contributed by atoms with Crippen molar-refractivity contribution in [1.29, 1.82) is 0 Å². The average molecular weight is 257 g/mol. The van der Waals surface area contributed by atoms with Crippen molar-refractivity contribution < 1.29 is 0 Å². The van der Waals surface area contributed by atoms with E-state index in [1.807, 2.05) is 6.26 Å². The highest BCUT2D eigenvalue weighted by molar-refractivity contribution is 7.98. The summed E-state index contributed by atoms with van der Waals surface area (Å²) in [6.45, 7) is 6.38. The molecule has 0 amide bonds. The van der Waals surface area contributed by atoms with E-state index in [1.54, 1.807) is 11.8 Å². The Balaban J connectivity index is 2.66. The van der Waals surface area contributed by atoms with Crippen LogP contribution in [-0.2, 0) is 0 Å². The predicted octanol–water partition coefficient (Wildman–Crippen LogP) is 3.53. The van der Waals surface area contributed by atoms with Crippen LogP contribution in [0.5, 0.6) is 0 Å². The van der Waals surface area contributed by atoms with Gasteiger partial charge in [-0.05, 0) is 49.8 Å². The second kappa shape index (κ2) is 3.99. The van der Waals surface area contributed by atoms with Gasteiger partial charge >= 0.3 is 0 Å². The van der Waals surface area contributed by atoms with Crippen LogP contribution < -0.4 is 0 Å². The Hall–Kier alpha value is -1.55. The third-order valence-electron chi connectivity index (χ3n) is 3.39. The Kier molecular flexibility index (Phi) is 2.55. The number of aromatic nitrogens is 3. The lowest BCUT2D eigenvalue weighted by Gasteiger charge is -2.11. The molecule has 3 rings (SSSR count). The second-order valence-corrected chi connectivity index (χ2v) is 5.41. The van der Waals surface area contributed by atoms with E-state index < -0.39 is 0 Å². The quantitative estimate of drug-likeness (QED) is 0.625. The SMILES string of the molecule is CSc1nnc2c(C)cc3c(C)ccc(C)c3n12. The number of nitrogens with zero attached hydrogens (tertiary/aromatic N) is 3. The van der Waals surface area contributed by atoms with E-state index >= 15 is 0 Å². The van der Waals surface area contributed by atoms with E-state index in [0.717, 1.165) is 10.8 Å². The number of hydrogen-bond donors (Lipinski definition) is 0. The van der Waals surface area contributed by atoms with Gasteiger partial charge in [-0.3, -0.25) is 4.40 Å². The number of rotatable bonds is 1. The van der Waals surface area contributed by atoms with Crippen molar-refractivity contribution in [1.82, 2.24) is 14.6 Å². The monoisotopic (exact) mass is 257 g/mol. The summed E-state index contributed by atoms with van der Waals surface area (Å²) < 4.78 is 2.18. The fourth-order valence-electron chi connectivity index (χ4n) is 2.44. The maximum Gasteiger partial charge on any atom is 0.195 e. The topological polar surface area (TPSA) is 30.2 Å². The van der Waals surface area contributed by atoms with E-state index in [-0.39, 0.29) is 0 Å². The van der Waals surface area contributed by atoms with Gasteiger partial charge in [-0.2, -0.15) is 0 Å². The first-order valence-corrected chi connectivity index (χ1v) is 7.14. The van der Waals surface area contributed by atoms with Crippen molar-refractivity contribution in [2.45, 2.75) is 25.9 Å². The first-order valence-electron chi connectivity index (χ1n) is 5.92. The highest BCUT2D eigenvalue weighted by Gasteiger charge is 2.13. The van der Waals surface area contributed by atoms with Crippen LogP contribution >= 0.6 is 11.8 Å². The van der Waals surface area contributed by atoms with Gasteiger partial charge in [-0.15, -0.1) is 10.2 Å². The fourth-order valence-corrected chi connectivity index (χ4v) is 2.92. The molecule has 0 aliphatic rings. The zero-order valence-electron chi connectivity index (χ0n) is 11.0. The smallest absolute Gasteiger partial charge is 0.195 e. The molecule has 0 atom stereocenters. The van der Waals surface area contributed by atoms with Gasteiger partial charge in [0.25, 0.3) is 0 Å². The molecule has 0 bridgehead atoms. The average Bonchev–Trinajstić information content (AvgIpc) is 2.78. The lowest BCUT2D eigenvalue weighted by molar-refractivity contribution is 0.941. The van der Waals surface area contributed by atoms with Gasteiger partial charge in [-0.25, -0.2) is 0 Å². The Labute approximate surface area is 110 Å². The van der Waals surface area contributed by atoms with Gasteiger partial charge in [0.2, 0.25) is 0 Å². The van der Waals surface area contributed by atoms with Crippen molar-refractivity contribution >= 4 is 28.3 Å². The van der Waals surface area contributed by atoms with E-state index in [9.17, 15) is 0 Å². The highest BCUT2D eigenvalue weighted by Crippen LogP contribution is 2.28. The van der Waals surface area contributed by atoms with Crippen LogP contribution in [0.3, 0.4) is 0 Å². The standard InChI is InChI=1S/C14H15N3S/c1-8-5-6-9(2)12-11(8)7-10(3)13-15-16-14(18-4)17(12)13/h5-7H,1-4H3. The predicted molar refractivity (Wildman–Crippen MR) is 76.5 cm³/mol. The molecule has 0 N–H and O–H groups in total. The molecular formula is C14H15N3S. The van der Waals surface area contributed by atoms with Crippen LogP contribution in [0.25, 0.3) is 16.6 Å². The summed E-state index contributed by atoms with van der Waals surface area (Å²) in [5.41, 5.74) is 5.91. The Morgan fingerprint density at radius 2 is 1.72 bits per heavy atom. The van der Waals surface area contributed by atoms with Gasteiger partial charge < -0.3 is 0 Å². The number of fused-ring (bicyclic) bond motifs is 3. The molecule has 0 aliphatic heterocycles. The summed E-state index contributed by atoms with van der Waals surface area (Å²) in [5.74, 6) is 0. The van der Waals surface area contributed by atoms with E-state index in [2.05, 4.69) is 53.6 Å². The normalized spacial score (nSPS) is 11.6. The first-order chi connectivity index (χ1) is 8.63. The minimum Gasteiger partial charge on any atom is -0.269 e. The number of thioether (sulfide) groups is 1. The molecular weight excluding hydrogens is 242 g/mol. The number of pyridine rings is 1. The molecule has 18 heavy (non-hydrogen) atoms. The molecule has 0 unspecified atom stereocenters. The van der Waals surface area contributed by atoms with E-state index in [1.165, 1.54) is 27.6 Å². The van der Waals surface area contributed by atoms with Gasteiger partial charge in [0.05, 0.1) is 5.52 Å². The van der Waals surface area contributed by atoms with Crippen LogP contribution in [0.4, 0.5) is 0 Å². The molecule has 3 aromatic rings. The zero-order valence-corrected chi connectivity index (χ0v) is 11.8. The molecule has 0 fully saturated rings. The van der Waals surface area contributed by atoms with Crippen LogP contribution in [0, 0.1) is 20.8 Å². The molecule has 0 saturated heterocycles. The maximum atomic E-state index is 4.30. The molecule has 92 valence electrons. The summed E-state index contributed by atoms with van der Waals surface area (Å²) in [6, 6.07) is 6.55. The lowest BCUT2D eigenvalue weighted by Crippen LogP contribution is -1.96. The Morgan fingerprint density at radius 1 is 1.00 bits per heavy atom. The second-order valence-electron chi connectivity index (χ2n) is 4.63. The first kappa shape index (κ1) is 11.5. The summed E-state index contributed by atoms with van der Waals surface area (Å²) in [5, 5.41) is 10.8. The zero-order chi connectivity index (χ0) is 12.9. The molecule has 2 aromatic heterocycles. The molecule has 1 aromatic carbocycles. The van der Waals surface area contributed by atoms with Crippen molar-refractivity contribution in [3.05, 3.63) is 34.9 Å². The van der Waals surface area contributed by atoms with Crippen molar-refractivity contribution in [2.24, 2.45) is 0 Å². The summed E-state index contributed by atoms with van der Waals surface area (Å²) in [6.07, 6.45) is 2.04. The van der Waals surface area contributed by atoms with Crippen LogP contribution in [0.2, 0.25) is 0 Å². The molecule has 0 spiro atoms. The summed E-state index contributed by atoms with van der Waals surface area (Å²) >= 11 is 1.63. The van der Waals surface area contributed by atoms with Gasteiger partial charge in [-0.1, -0.05) is 23.9 Å².